The molecule has 1 N–H and O–H groups in total. The summed E-state index contributed by atoms with van der Waals surface area (Å²) in [5.41, 5.74) is 0.532. The molecule has 0 aliphatic carbocycles. The Morgan fingerprint density at radius 3 is 3.06 bits per heavy atom. The summed E-state index contributed by atoms with van der Waals surface area (Å²) in [5, 5.41) is 14.0. The Labute approximate surface area is 113 Å². The maximum atomic E-state index is 10.8. The largest absolute Gasteiger partial charge is 0.472 e. The lowest BCUT2D eigenvalue weighted by atomic mass is 10.1. The second-order valence-electron chi connectivity index (χ2n) is 4.23. The molecule has 0 radical (unpaired) electrons. The zero-order chi connectivity index (χ0) is 13.1. The molecule has 98 valence electrons. The van der Waals surface area contributed by atoms with Crippen molar-refractivity contribution >= 4 is 21.6 Å². The van der Waals surface area contributed by atoms with E-state index in [1.807, 2.05) is 0 Å². The predicted molar refractivity (Wildman–Crippen MR) is 69.8 cm³/mol. The number of piperidine rings is 1. The van der Waals surface area contributed by atoms with Crippen LogP contribution in [-0.4, -0.2) is 29.1 Å². The highest BCUT2D eigenvalue weighted by Gasteiger charge is 2.21. The van der Waals surface area contributed by atoms with Crippen molar-refractivity contribution in [3.05, 3.63) is 26.3 Å². The van der Waals surface area contributed by atoms with Gasteiger partial charge >= 0.3 is 0 Å². The summed E-state index contributed by atoms with van der Waals surface area (Å²) in [7, 11) is 0. The van der Waals surface area contributed by atoms with Gasteiger partial charge in [-0.1, -0.05) is 0 Å². The van der Waals surface area contributed by atoms with Gasteiger partial charge in [-0.05, 0) is 42.2 Å². The van der Waals surface area contributed by atoms with Gasteiger partial charge in [0, 0.05) is 12.1 Å². The molecule has 1 aliphatic heterocycles. The Morgan fingerprint density at radius 1 is 1.67 bits per heavy atom. The lowest BCUT2D eigenvalue weighted by Gasteiger charge is -2.23. The van der Waals surface area contributed by atoms with Crippen LogP contribution in [0.3, 0.4) is 0 Å². The second kappa shape index (κ2) is 5.62. The zero-order valence-corrected chi connectivity index (χ0v) is 11.6. The maximum Gasteiger partial charge on any atom is 0.291 e. The molecule has 1 aromatic heterocycles. The first-order valence-corrected chi connectivity index (χ1v) is 6.55. The maximum absolute atomic E-state index is 10.8. The normalized spacial score (nSPS) is 19.6. The van der Waals surface area contributed by atoms with Crippen LogP contribution < -0.4 is 10.1 Å². The van der Waals surface area contributed by atoms with E-state index in [-0.39, 0.29) is 11.8 Å². The minimum atomic E-state index is -0.445. The Kier molecular flexibility index (Phi) is 4.13. The fraction of sp³-hybridized carbons (Fsp3) is 0.545. The molecule has 7 heteroatoms. The highest BCUT2D eigenvalue weighted by Crippen LogP contribution is 2.32. The summed E-state index contributed by atoms with van der Waals surface area (Å²) in [5.74, 6) is 0.423. The van der Waals surface area contributed by atoms with Crippen LogP contribution in [0.4, 0.5) is 5.69 Å². The van der Waals surface area contributed by atoms with Gasteiger partial charge in [-0.3, -0.25) is 10.1 Å². The van der Waals surface area contributed by atoms with E-state index in [1.165, 1.54) is 6.20 Å². The van der Waals surface area contributed by atoms with Crippen LogP contribution in [0.15, 0.2) is 10.7 Å². The summed E-state index contributed by atoms with van der Waals surface area (Å²) < 4.78 is 6.32. The molecule has 1 unspecified atom stereocenters. The van der Waals surface area contributed by atoms with E-state index >= 15 is 0 Å². The summed E-state index contributed by atoms with van der Waals surface area (Å²) >= 11 is 3.31. The molecule has 1 fully saturated rings. The minimum absolute atomic E-state index is 0.00371. The summed E-state index contributed by atoms with van der Waals surface area (Å²) in [6, 6.07) is 0. The third-order valence-corrected chi connectivity index (χ3v) is 3.87. The average Bonchev–Trinajstić information content (AvgIpc) is 2.36. The topological polar surface area (TPSA) is 77.3 Å². The number of nitrogens with one attached hydrogen (secondary N) is 1. The zero-order valence-electron chi connectivity index (χ0n) is 9.98. The van der Waals surface area contributed by atoms with Crippen LogP contribution in [0.1, 0.15) is 18.4 Å². The van der Waals surface area contributed by atoms with Crippen molar-refractivity contribution in [2.45, 2.75) is 25.9 Å². The van der Waals surface area contributed by atoms with Crippen LogP contribution in [-0.2, 0) is 0 Å². The number of nitrogens with zero attached hydrogens (tertiary/aromatic N) is 2. The molecule has 1 atom stereocenters. The van der Waals surface area contributed by atoms with Gasteiger partial charge in [0.1, 0.15) is 12.3 Å². The Morgan fingerprint density at radius 2 is 2.44 bits per heavy atom. The summed E-state index contributed by atoms with van der Waals surface area (Å²) in [6.45, 7) is 3.47. The number of pyridine rings is 1. The van der Waals surface area contributed by atoms with E-state index in [4.69, 9.17) is 4.74 Å². The molecule has 1 saturated heterocycles. The third kappa shape index (κ3) is 2.78. The van der Waals surface area contributed by atoms with E-state index in [0.29, 0.717) is 15.9 Å². The number of hydrogen-bond acceptors (Lipinski definition) is 5. The fourth-order valence-electron chi connectivity index (χ4n) is 1.89. The van der Waals surface area contributed by atoms with Crippen LogP contribution in [0.5, 0.6) is 5.88 Å². The molecule has 0 aromatic carbocycles. The standard InChI is InChI=1S/C11H14BrN3O3/c1-7-9(15(16)17)6-14-11(10(7)12)18-8-3-2-4-13-5-8/h6,8,13H,2-5H2,1H3. The van der Waals surface area contributed by atoms with Crippen LogP contribution >= 0.6 is 15.9 Å². The summed E-state index contributed by atoms with van der Waals surface area (Å²) in [4.78, 5) is 14.3. The van der Waals surface area contributed by atoms with Gasteiger partial charge in [-0.2, -0.15) is 0 Å². The molecule has 18 heavy (non-hydrogen) atoms. The van der Waals surface area contributed by atoms with Crippen molar-refractivity contribution in [3.8, 4) is 5.88 Å². The van der Waals surface area contributed by atoms with E-state index < -0.39 is 4.92 Å². The van der Waals surface area contributed by atoms with Gasteiger partial charge in [-0.15, -0.1) is 0 Å². The SMILES string of the molecule is Cc1c([N+](=O)[O-])cnc(OC2CCCNC2)c1Br. The van der Waals surface area contributed by atoms with Crippen molar-refractivity contribution in [1.82, 2.24) is 10.3 Å². The first-order chi connectivity index (χ1) is 8.59. The molecular weight excluding hydrogens is 302 g/mol. The minimum Gasteiger partial charge on any atom is -0.472 e. The first-order valence-electron chi connectivity index (χ1n) is 5.76. The number of halogens is 1. The number of rotatable bonds is 3. The first kappa shape index (κ1) is 13.2. The Bertz CT molecular complexity index is 461. The molecule has 6 nitrogen and oxygen atoms in total. The van der Waals surface area contributed by atoms with E-state index in [2.05, 4.69) is 26.2 Å². The monoisotopic (exact) mass is 315 g/mol. The van der Waals surface area contributed by atoms with Crippen molar-refractivity contribution in [3.63, 3.8) is 0 Å². The highest BCUT2D eigenvalue weighted by atomic mass is 79.9. The molecule has 2 rings (SSSR count). The van der Waals surface area contributed by atoms with Crippen molar-refractivity contribution in [2.24, 2.45) is 0 Å². The lowest BCUT2D eigenvalue weighted by Crippen LogP contribution is -2.37. The van der Waals surface area contributed by atoms with Crippen molar-refractivity contribution in [1.29, 1.82) is 0 Å². The van der Waals surface area contributed by atoms with Gasteiger partial charge in [0.2, 0.25) is 5.88 Å². The smallest absolute Gasteiger partial charge is 0.291 e. The quantitative estimate of drug-likeness (QED) is 0.683. The van der Waals surface area contributed by atoms with Gasteiger partial charge in [0.05, 0.1) is 9.40 Å². The predicted octanol–water partition coefficient (Wildman–Crippen LogP) is 2.19. The van der Waals surface area contributed by atoms with Gasteiger partial charge in [0.25, 0.3) is 5.69 Å². The van der Waals surface area contributed by atoms with Crippen molar-refractivity contribution in [2.75, 3.05) is 13.1 Å². The molecule has 0 saturated carbocycles. The molecule has 1 aromatic rings. The number of aromatic nitrogens is 1. The average molecular weight is 316 g/mol. The molecule has 2 heterocycles. The highest BCUT2D eigenvalue weighted by molar-refractivity contribution is 9.10. The van der Waals surface area contributed by atoms with Crippen LogP contribution in [0.2, 0.25) is 0 Å². The molecule has 0 bridgehead atoms. The van der Waals surface area contributed by atoms with Crippen molar-refractivity contribution < 1.29 is 9.66 Å². The molecule has 1 aliphatic rings. The fourth-order valence-corrected chi connectivity index (χ4v) is 2.29. The molecular formula is C11H14BrN3O3. The molecule has 0 amide bonds. The van der Waals surface area contributed by atoms with Crippen LogP contribution in [0, 0.1) is 17.0 Å². The van der Waals surface area contributed by atoms with E-state index in [0.717, 1.165) is 25.9 Å². The van der Waals surface area contributed by atoms with E-state index in [1.54, 1.807) is 6.92 Å². The summed E-state index contributed by atoms with van der Waals surface area (Å²) in [6.07, 6.45) is 3.35. The number of nitro groups is 1. The Hall–Kier alpha value is -1.21. The second-order valence-corrected chi connectivity index (χ2v) is 5.02. The lowest BCUT2D eigenvalue weighted by molar-refractivity contribution is -0.385. The van der Waals surface area contributed by atoms with Gasteiger partial charge in [-0.25, -0.2) is 4.98 Å². The third-order valence-electron chi connectivity index (χ3n) is 2.93. The van der Waals surface area contributed by atoms with E-state index in [9.17, 15) is 10.1 Å². The molecule has 0 spiro atoms. The number of ether oxygens (including phenoxy) is 1. The Balaban J connectivity index is 2.18. The van der Waals surface area contributed by atoms with Gasteiger partial charge < -0.3 is 10.1 Å². The number of hydrogen-bond donors (Lipinski definition) is 1. The van der Waals surface area contributed by atoms with Gasteiger partial charge in [0.15, 0.2) is 0 Å². The van der Waals surface area contributed by atoms with Crippen LogP contribution in [0.25, 0.3) is 0 Å².